The molecule has 0 amide bonds. The van der Waals surface area contributed by atoms with Crippen molar-refractivity contribution in [3.05, 3.63) is 167 Å². The van der Waals surface area contributed by atoms with Crippen molar-refractivity contribution in [2.24, 2.45) is 0 Å². The van der Waals surface area contributed by atoms with Gasteiger partial charge in [0.1, 0.15) is 16.6 Å². The second kappa shape index (κ2) is 19.3. The molecule has 10 heteroatoms. The Balaban J connectivity index is 0.000000189. The van der Waals surface area contributed by atoms with Crippen LogP contribution in [0.25, 0.3) is 26.9 Å². The van der Waals surface area contributed by atoms with E-state index in [2.05, 4.69) is 45.1 Å². The number of hydrogen-bond acceptors (Lipinski definition) is 7. The zero-order valence-electron chi connectivity index (χ0n) is 30.7. The summed E-state index contributed by atoms with van der Waals surface area (Å²) in [5.41, 5.74) is 6.27. The van der Waals surface area contributed by atoms with Gasteiger partial charge in [0.2, 0.25) is 0 Å². The van der Waals surface area contributed by atoms with Crippen molar-refractivity contribution in [2.75, 3.05) is 45.9 Å². The largest absolute Gasteiger partial charge is 0.335 e. The lowest BCUT2D eigenvalue weighted by atomic mass is 9.96. The minimum atomic E-state index is -3.06. The molecule has 0 N–H and O–H groups in total. The third kappa shape index (κ3) is 10.9. The highest BCUT2D eigenvalue weighted by Crippen LogP contribution is 2.51. The number of thiazole rings is 1. The summed E-state index contributed by atoms with van der Waals surface area (Å²) in [6.45, 7) is 9.03. The normalized spacial score (nSPS) is 14.1. The van der Waals surface area contributed by atoms with E-state index in [4.69, 9.17) is 9.05 Å². The first-order valence-corrected chi connectivity index (χ1v) is 20.9. The lowest BCUT2D eigenvalue weighted by molar-refractivity contribution is 0.118. The second-order valence-electron chi connectivity index (χ2n) is 12.9. The van der Waals surface area contributed by atoms with E-state index < -0.39 is 7.60 Å². The average molecular weight is 766 g/mol. The molecule has 6 nitrogen and oxygen atoms in total. The van der Waals surface area contributed by atoms with Crippen LogP contribution in [0.2, 0.25) is 0 Å². The molecule has 0 spiro atoms. The van der Waals surface area contributed by atoms with Gasteiger partial charge in [-0.2, -0.15) is 0 Å². The highest BCUT2D eigenvalue weighted by atomic mass is 32.1. The fourth-order valence-corrected chi connectivity index (χ4v) is 9.18. The van der Waals surface area contributed by atoms with E-state index in [1.807, 2.05) is 98.8 Å². The van der Waals surface area contributed by atoms with Gasteiger partial charge >= 0.3 is 7.60 Å². The molecule has 0 bridgehead atoms. The molecule has 0 saturated carbocycles. The summed E-state index contributed by atoms with van der Waals surface area (Å²) >= 11 is 1.67. The molecule has 0 radical (unpaired) electrons. The third-order valence-electron chi connectivity index (χ3n) is 9.14. The molecule has 1 fully saturated rings. The van der Waals surface area contributed by atoms with Crippen LogP contribution in [0.1, 0.15) is 42.1 Å². The number of fused-ring (bicyclic) bond motifs is 1. The maximum absolute atomic E-state index is 13.5. The van der Waals surface area contributed by atoms with Gasteiger partial charge in [-0.25, -0.2) is 13.8 Å². The number of para-hydroxylation sites is 1. The summed E-state index contributed by atoms with van der Waals surface area (Å²) in [5, 5.41) is 0.987. The molecule has 5 aromatic carbocycles. The molecule has 2 heterocycles. The summed E-state index contributed by atoms with van der Waals surface area (Å²) in [7, 11) is -3.06. The van der Waals surface area contributed by atoms with Crippen molar-refractivity contribution in [1.29, 1.82) is 0 Å². The molecule has 54 heavy (non-hydrogen) atoms. The first kappa shape index (κ1) is 39.4. The highest BCUT2D eigenvalue weighted by molar-refractivity contribution is 7.53. The van der Waals surface area contributed by atoms with Crippen LogP contribution in [0.5, 0.6) is 0 Å². The van der Waals surface area contributed by atoms with E-state index in [-0.39, 0.29) is 23.8 Å². The van der Waals surface area contributed by atoms with Crippen molar-refractivity contribution in [2.45, 2.75) is 26.1 Å². The molecular formula is C44H46F2N3O3PS. The Morgan fingerprint density at radius 3 is 1.89 bits per heavy atom. The molecule has 0 aliphatic carbocycles. The van der Waals surface area contributed by atoms with Crippen LogP contribution < -0.4 is 0 Å². The topological polar surface area (TPSA) is 54.9 Å². The zero-order chi connectivity index (χ0) is 37.8. The lowest BCUT2D eigenvalue weighted by Gasteiger charge is -2.39. The molecule has 1 aromatic heterocycles. The highest BCUT2D eigenvalue weighted by Gasteiger charge is 2.27. The van der Waals surface area contributed by atoms with Gasteiger partial charge in [-0.3, -0.25) is 14.4 Å². The third-order valence-corrected chi connectivity index (χ3v) is 12.3. The predicted molar refractivity (Wildman–Crippen MR) is 218 cm³/mol. The van der Waals surface area contributed by atoms with Crippen LogP contribution in [0.3, 0.4) is 0 Å². The van der Waals surface area contributed by atoms with Gasteiger partial charge in [-0.1, -0.05) is 103 Å². The Bertz CT molecular complexity index is 2030. The van der Waals surface area contributed by atoms with Gasteiger partial charge in [0.15, 0.2) is 0 Å². The molecular weight excluding hydrogens is 720 g/mol. The molecule has 1 aliphatic heterocycles. The number of benzene rings is 5. The Morgan fingerprint density at radius 1 is 0.741 bits per heavy atom. The van der Waals surface area contributed by atoms with Crippen molar-refractivity contribution in [1.82, 2.24) is 14.8 Å². The van der Waals surface area contributed by atoms with Crippen LogP contribution in [-0.4, -0.2) is 60.7 Å². The van der Waals surface area contributed by atoms with Crippen LogP contribution in [0.15, 0.2) is 133 Å². The molecule has 6 aromatic rings. The van der Waals surface area contributed by atoms with Crippen molar-refractivity contribution in [3.8, 4) is 10.6 Å². The minimum Gasteiger partial charge on any atom is -0.309 e. The van der Waals surface area contributed by atoms with Crippen LogP contribution in [0.4, 0.5) is 8.78 Å². The lowest BCUT2D eigenvalue weighted by Crippen LogP contribution is -2.47. The first-order chi connectivity index (χ1) is 26.3. The van der Waals surface area contributed by atoms with Crippen molar-refractivity contribution >= 4 is 35.2 Å². The minimum absolute atomic E-state index is 0.00629. The number of halogens is 2. The van der Waals surface area contributed by atoms with Crippen molar-refractivity contribution in [3.63, 3.8) is 0 Å². The van der Waals surface area contributed by atoms with Gasteiger partial charge in [0.25, 0.3) is 0 Å². The van der Waals surface area contributed by atoms with E-state index >= 15 is 0 Å². The Kier molecular flexibility index (Phi) is 14.1. The maximum atomic E-state index is 13.5. The summed E-state index contributed by atoms with van der Waals surface area (Å²) in [4.78, 5) is 9.49. The fraction of sp³-hybridized carbons (Fsp3) is 0.250. The number of nitrogens with zero attached hydrogens (tertiary/aromatic N) is 3. The summed E-state index contributed by atoms with van der Waals surface area (Å²) in [5.74, 6) is -0.488. The maximum Gasteiger partial charge on any atom is 0.335 e. The molecule has 1 saturated heterocycles. The van der Waals surface area contributed by atoms with Crippen molar-refractivity contribution < 1.29 is 22.4 Å². The predicted octanol–water partition coefficient (Wildman–Crippen LogP) is 11.1. The first-order valence-electron chi connectivity index (χ1n) is 18.3. The smallest absolute Gasteiger partial charge is 0.309 e. The van der Waals surface area contributed by atoms with Crippen LogP contribution >= 0.6 is 18.9 Å². The molecule has 280 valence electrons. The Labute approximate surface area is 321 Å². The number of aromatic nitrogens is 1. The standard InChI is InChI=1S/C26H26F2N2.C18H20NO3PS/c27-24-12-8-22(9-13-24)26(23-10-14-25(28)15-11-23)30-19-17-29(18-20-30)16-4-7-21-5-2-1-3-6-21;1-3-21-23(20,22-4-2)13-14-9-11-15(12-10-14)18-19-16-7-5-6-8-17(16)24-18/h1-15,26H,16-20H2;5-12H,3-4,13H2,1-2H3/b7-4+;. The quantitative estimate of drug-likeness (QED) is 0.109. The van der Waals surface area contributed by atoms with Gasteiger partial charge in [0, 0.05) is 38.3 Å². The molecule has 1 aliphatic rings. The second-order valence-corrected chi connectivity index (χ2v) is 16.0. The summed E-state index contributed by atoms with van der Waals surface area (Å²) in [6.07, 6.45) is 4.66. The fourth-order valence-electron chi connectivity index (χ4n) is 6.50. The number of rotatable bonds is 13. The average Bonchev–Trinajstić information content (AvgIpc) is 3.63. The van der Waals surface area contributed by atoms with E-state index in [0.717, 1.165) is 65.5 Å². The number of piperazine rings is 1. The van der Waals surface area contributed by atoms with Crippen LogP contribution in [0, 0.1) is 11.6 Å². The van der Waals surface area contributed by atoms with E-state index in [1.54, 1.807) is 11.3 Å². The SMILES string of the molecule is CCOP(=O)(Cc1ccc(-c2nc3ccccc3s2)cc1)OCC.Fc1ccc(C(c2ccc(F)cc2)N2CCN(C/C=C/c3ccccc3)CC2)cc1. The van der Waals surface area contributed by atoms with Crippen LogP contribution in [-0.2, 0) is 19.8 Å². The zero-order valence-corrected chi connectivity index (χ0v) is 32.4. The molecule has 7 rings (SSSR count). The van der Waals surface area contributed by atoms with E-state index in [0.29, 0.717) is 13.2 Å². The monoisotopic (exact) mass is 765 g/mol. The van der Waals surface area contributed by atoms with Gasteiger partial charge < -0.3 is 9.05 Å². The molecule has 0 atom stereocenters. The Hall–Kier alpha value is -4.34. The van der Waals surface area contributed by atoms with E-state index in [9.17, 15) is 13.3 Å². The van der Waals surface area contributed by atoms with Gasteiger partial charge in [-0.15, -0.1) is 11.3 Å². The summed E-state index contributed by atoms with van der Waals surface area (Å²) < 4.78 is 51.4. The number of hydrogen-bond donors (Lipinski definition) is 0. The molecule has 0 unspecified atom stereocenters. The van der Waals surface area contributed by atoms with Gasteiger partial charge in [0.05, 0.1) is 35.6 Å². The Morgan fingerprint density at radius 2 is 1.31 bits per heavy atom. The summed E-state index contributed by atoms with van der Waals surface area (Å²) in [6, 6.07) is 39.7. The van der Waals surface area contributed by atoms with Gasteiger partial charge in [-0.05, 0) is 72.5 Å². The van der Waals surface area contributed by atoms with E-state index in [1.165, 1.54) is 34.5 Å².